The van der Waals surface area contributed by atoms with Crippen molar-refractivity contribution in [1.82, 2.24) is 9.99 Å². The zero-order valence-corrected chi connectivity index (χ0v) is 17.8. The third-order valence-electron chi connectivity index (χ3n) is 4.61. The zero-order chi connectivity index (χ0) is 22.2. The summed E-state index contributed by atoms with van der Waals surface area (Å²) in [6.07, 6.45) is 3.14. The molecule has 1 amide bonds. The monoisotopic (exact) mass is 419 g/mol. The van der Waals surface area contributed by atoms with Crippen LogP contribution in [0, 0.1) is 6.92 Å². The van der Waals surface area contributed by atoms with E-state index >= 15 is 0 Å². The number of ether oxygens (including phenoxy) is 2. The first-order valence-electron chi connectivity index (χ1n) is 9.91. The van der Waals surface area contributed by atoms with Gasteiger partial charge in [-0.05, 0) is 55.3 Å². The van der Waals surface area contributed by atoms with Crippen molar-refractivity contribution in [3.05, 3.63) is 93.4 Å². The highest BCUT2D eigenvalue weighted by Crippen LogP contribution is 2.27. The minimum atomic E-state index is -0.572. The number of methoxy groups -OCH3 is 1. The van der Waals surface area contributed by atoms with Gasteiger partial charge in [-0.25, -0.2) is 5.43 Å². The number of carbonyl (C=O) groups is 1. The predicted molar refractivity (Wildman–Crippen MR) is 120 cm³/mol. The molecular formula is C24H25N3O4. The summed E-state index contributed by atoms with van der Waals surface area (Å²) in [6.45, 7) is 4.81. The average Bonchev–Trinajstić information content (AvgIpc) is 2.77. The van der Waals surface area contributed by atoms with Crippen LogP contribution in [-0.2, 0) is 6.54 Å². The fourth-order valence-electron chi connectivity index (χ4n) is 2.99. The van der Waals surface area contributed by atoms with Crippen molar-refractivity contribution in [2.24, 2.45) is 5.10 Å². The normalized spacial score (nSPS) is 10.8. The van der Waals surface area contributed by atoms with Gasteiger partial charge in [0.15, 0.2) is 11.5 Å². The van der Waals surface area contributed by atoms with Gasteiger partial charge in [0.2, 0.25) is 0 Å². The Morgan fingerprint density at radius 2 is 1.90 bits per heavy atom. The molecule has 0 bridgehead atoms. The van der Waals surface area contributed by atoms with Crippen LogP contribution in [-0.4, -0.2) is 30.4 Å². The van der Waals surface area contributed by atoms with Crippen molar-refractivity contribution in [2.75, 3.05) is 13.7 Å². The maximum Gasteiger partial charge on any atom is 0.276 e. The van der Waals surface area contributed by atoms with Crippen molar-refractivity contribution in [2.45, 2.75) is 20.4 Å². The quantitative estimate of drug-likeness (QED) is 0.448. The number of benzene rings is 2. The smallest absolute Gasteiger partial charge is 0.276 e. The van der Waals surface area contributed by atoms with Crippen LogP contribution < -0.4 is 20.5 Å². The number of hydrazone groups is 1. The molecule has 2 aromatic carbocycles. The van der Waals surface area contributed by atoms with Gasteiger partial charge in [0.25, 0.3) is 11.5 Å². The molecular weight excluding hydrogens is 394 g/mol. The van der Waals surface area contributed by atoms with Crippen LogP contribution >= 0.6 is 0 Å². The Bertz CT molecular complexity index is 1130. The molecule has 160 valence electrons. The van der Waals surface area contributed by atoms with Gasteiger partial charge >= 0.3 is 0 Å². The molecule has 1 heterocycles. The van der Waals surface area contributed by atoms with E-state index < -0.39 is 5.91 Å². The van der Waals surface area contributed by atoms with E-state index in [1.165, 1.54) is 16.8 Å². The molecule has 1 N–H and O–H groups in total. The summed E-state index contributed by atoms with van der Waals surface area (Å²) in [6, 6.07) is 16.4. The molecule has 0 atom stereocenters. The Labute approximate surface area is 180 Å². The molecule has 3 aromatic rings. The minimum Gasteiger partial charge on any atom is -0.493 e. The number of pyridine rings is 1. The minimum absolute atomic E-state index is 0.0241. The van der Waals surface area contributed by atoms with Crippen molar-refractivity contribution in [1.29, 1.82) is 0 Å². The summed E-state index contributed by atoms with van der Waals surface area (Å²) in [5.74, 6) is 0.626. The number of amides is 1. The number of hydrogen-bond acceptors (Lipinski definition) is 5. The standard InChI is InChI=1S/C24H25N3O4/c1-4-31-21-12-11-19(14-22(21)30-3)15-25-26-23(28)20-6-5-13-27(24(20)29)16-18-9-7-17(2)8-10-18/h5-15H,4,16H2,1-3H3,(H,26,28)/b25-15-. The summed E-state index contributed by atoms with van der Waals surface area (Å²) in [4.78, 5) is 25.2. The summed E-state index contributed by atoms with van der Waals surface area (Å²) < 4.78 is 12.3. The lowest BCUT2D eigenvalue weighted by atomic mass is 10.1. The number of aromatic nitrogens is 1. The number of aryl methyl sites for hydroxylation is 1. The third-order valence-corrected chi connectivity index (χ3v) is 4.61. The molecule has 7 nitrogen and oxygen atoms in total. The Kier molecular flexibility index (Phi) is 7.22. The number of nitrogens with zero attached hydrogens (tertiary/aromatic N) is 2. The maximum atomic E-state index is 12.7. The zero-order valence-electron chi connectivity index (χ0n) is 17.8. The molecule has 7 heteroatoms. The molecule has 0 saturated carbocycles. The van der Waals surface area contributed by atoms with Crippen LogP contribution in [0.1, 0.15) is 34.0 Å². The van der Waals surface area contributed by atoms with Crippen molar-refractivity contribution < 1.29 is 14.3 Å². The Balaban J connectivity index is 1.71. The SMILES string of the molecule is CCOc1ccc(/C=N\NC(=O)c2cccn(Cc3ccc(C)cc3)c2=O)cc1OC. The van der Waals surface area contributed by atoms with Crippen molar-refractivity contribution >= 4 is 12.1 Å². The van der Waals surface area contributed by atoms with E-state index in [0.29, 0.717) is 30.2 Å². The molecule has 31 heavy (non-hydrogen) atoms. The predicted octanol–water partition coefficient (Wildman–Crippen LogP) is 3.38. The first-order valence-corrected chi connectivity index (χ1v) is 9.91. The lowest BCUT2D eigenvalue weighted by Gasteiger charge is -2.09. The molecule has 0 aliphatic carbocycles. The largest absolute Gasteiger partial charge is 0.493 e. The van der Waals surface area contributed by atoms with Crippen LogP contribution in [0.5, 0.6) is 11.5 Å². The van der Waals surface area contributed by atoms with Crippen LogP contribution in [0.3, 0.4) is 0 Å². The molecule has 1 aromatic heterocycles. The lowest BCUT2D eigenvalue weighted by Crippen LogP contribution is -2.30. The summed E-state index contributed by atoms with van der Waals surface area (Å²) >= 11 is 0. The van der Waals surface area contributed by atoms with Crippen molar-refractivity contribution in [3.63, 3.8) is 0 Å². The van der Waals surface area contributed by atoms with Gasteiger partial charge in [0.05, 0.1) is 26.5 Å². The van der Waals surface area contributed by atoms with E-state index in [-0.39, 0.29) is 11.1 Å². The number of carbonyl (C=O) groups excluding carboxylic acids is 1. The van der Waals surface area contributed by atoms with Gasteiger partial charge in [-0.3, -0.25) is 9.59 Å². The summed E-state index contributed by atoms with van der Waals surface area (Å²) in [5, 5.41) is 3.96. The van der Waals surface area contributed by atoms with Crippen molar-refractivity contribution in [3.8, 4) is 11.5 Å². The molecule has 0 unspecified atom stereocenters. The summed E-state index contributed by atoms with van der Waals surface area (Å²) in [7, 11) is 1.55. The summed E-state index contributed by atoms with van der Waals surface area (Å²) in [5.41, 5.74) is 4.90. The van der Waals surface area contributed by atoms with Crippen LogP contribution in [0.2, 0.25) is 0 Å². The Hall–Kier alpha value is -3.87. The Morgan fingerprint density at radius 1 is 1.13 bits per heavy atom. The van der Waals surface area contributed by atoms with E-state index in [2.05, 4.69) is 10.5 Å². The maximum absolute atomic E-state index is 12.7. The van der Waals surface area contributed by atoms with Crippen LogP contribution in [0.15, 0.2) is 70.7 Å². The lowest BCUT2D eigenvalue weighted by molar-refractivity contribution is 0.0953. The van der Waals surface area contributed by atoms with Gasteiger partial charge in [-0.15, -0.1) is 0 Å². The molecule has 0 radical (unpaired) electrons. The highest BCUT2D eigenvalue weighted by Gasteiger charge is 2.12. The molecule has 3 rings (SSSR count). The molecule has 0 aliphatic heterocycles. The van der Waals surface area contributed by atoms with Gasteiger partial charge in [0.1, 0.15) is 5.56 Å². The second-order valence-corrected chi connectivity index (χ2v) is 6.88. The van der Waals surface area contributed by atoms with E-state index in [0.717, 1.165) is 11.1 Å². The second kappa shape index (κ2) is 10.2. The van der Waals surface area contributed by atoms with Gasteiger partial charge in [0, 0.05) is 6.20 Å². The van der Waals surface area contributed by atoms with Gasteiger partial charge in [-0.2, -0.15) is 5.10 Å². The molecule has 0 saturated heterocycles. The molecule has 0 spiro atoms. The van der Waals surface area contributed by atoms with Gasteiger partial charge < -0.3 is 14.0 Å². The van der Waals surface area contributed by atoms with E-state index in [9.17, 15) is 9.59 Å². The first kappa shape index (κ1) is 21.8. The van der Waals surface area contributed by atoms with Crippen LogP contribution in [0.4, 0.5) is 0 Å². The van der Waals surface area contributed by atoms with E-state index in [1.807, 2.05) is 38.1 Å². The third kappa shape index (κ3) is 5.60. The second-order valence-electron chi connectivity index (χ2n) is 6.88. The highest BCUT2D eigenvalue weighted by atomic mass is 16.5. The highest BCUT2D eigenvalue weighted by molar-refractivity contribution is 5.94. The topological polar surface area (TPSA) is 81.9 Å². The van der Waals surface area contributed by atoms with Crippen LogP contribution in [0.25, 0.3) is 0 Å². The fraction of sp³-hybridized carbons (Fsp3) is 0.208. The number of hydrogen-bond donors (Lipinski definition) is 1. The number of nitrogens with one attached hydrogen (secondary N) is 1. The Morgan fingerprint density at radius 3 is 2.61 bits per heavy atom. The average molecular weight is 419 g/mol. The van der Waals surface area contributed by atoms with E-state index in [4.69, 9.17) is 9.47 Å². The van der Waals surface area contributed by atoms with Gasteiger partial charge in [-0.1, -0.05) is 29.8 Å². The first-order chi connectivity index (χ1) is 15.0. The number of rotatable bonds is 8. The molecule has 0 fully saturated rings. The van der Waals surface area contributed by atoms with E-state index in [1.54, 1.807) is 37.6 Å². The molecule has 0 aliphatic rings. The fourth-order valence-corrected chi connectivity index (χ4v) is 2.99.